The maximum atomic E-state index is 6.75. The molecule has 4 nitrogen and oxygen atoms in total. The van der Waals surface area contributed by atoms with Gasteiger partial charge in [0.05, 0.1) is 16.7 Å². The van der Waals surface area contributed by atoms with Crippen LogP contribution in [0.2, 0.25) is 0 Å². The third kappa shape index (κ3) is 3.12. The van der Waals surface area contributed by atoms with E-state index in [-0.39, 0.29) is 0 Å². The van der Waals surface area contributed by atoms with Crippen LogP contribution in [0.1, 0.15) is 0 Å². The zero-order chi connectivity index (χ0) is 29.9. The van der Waals surface area contributed by atoms with Gasteiger partial charge in [-0.3, -0.25) is 0 Å². The highest BCUT2D eigenvalue weighted by Crippen LogP contribution is 2.43. The third-order valence-electron chi connectivity index (χ3n) is 9.60. The van der Waals surface area contributed by atoms with Crippen molar-refractivity contribution in [1.29, 1.82) is 0 Å². The number of para-hydroxylation sites is 5. The molecule has 0 aliphatic heterocycles. The number of hydrogen-bond donors (Lipinski definition) is 0. The fourth-order valence-electron chi connectivity index (χ4n) is 7.55. The minimum Gasteiger partial charge on any atom is -0.456 e. The largest absolute Gasteiger partial charge is 0.456 e. The molecule has 11 rings (SSSR count). The molecule has 4 heteroatoms. The van der Waals surface area contributed by atoms with Crippen LogP contribution in [0, 0.1) is 0 Å². The van der Waals surface area contributed by atoms with Crippen LogP contribution >= 0.6 is 0 Å². The molecule has 214 valence electrons. The Labute approximate surface area is 261 Å². The fourth-order valence-corrected chi connectivity index (χ4v) is 7.55. The topological polar surface area (TPSA) is 44.4 Å². The van der Waals surface area contributed by atoms with E-state index in [1.54, 1.807) is 0 Å². The van der Waals surface area contributed by atoms with Gasteiger partial charge in [-0.1, -0.05) is 91.0 Å². The monoisotopic (exact) mass is 589 g/mol. The highest BCUT2D eigenvalue weighted by atomic mass is 16.3. The minimum absolute atomic E-state index is 0.842. The van der Waals surface area contributed by atoms with Crippen molar-refractivity contribution in [2.45, 2.75) is 0 Å². The molecule has 0 saturated heterocycles. The van der Waals surface area contributed by atoms with Crippen molar-refractivity contribution >= 4 is 87.6 Å². The molecule has 11 aromatic rings. The zero-order valence-corrected chi connectivity index (χ0v) is 24.5. The smallest absolute Gasteiger partial charge is 0.159 e. The number of fused-ring (bicyclic) bond motifs is 12. The van der Waals surface area contributed by atoms with Crippen molar-refractivity contribution in [2.75, 3.05) is 0 Å². The summed E-state index contributed by atoms with van der Waals surface area (Å²) in [7, 11) is 0. The molecule has 0 saturated carbocycles. The zero-order valence-electron chi connectivity index (χ0n) is 24.5. The molecular formula is C42H23NO3. The van der Waals surface area contributed by atoms with E-state index in [9.17, 15) is 0 Å². The predicted molar refractivity (Wildman–Crippen MR) is 188 cm³/mol. The Morgan fingerprint density at radius 2 is 0.913 bits per heavy atom. The molecule has 0 aliphatic carbocycles. The summed E-state index contributed by atoms with van der Waals surface area (Å²) in [5.74, 6) is 0. The van der Waals surface area contributed by atoms with Crippen molar-refractivity contribution in [3.8, 4) is 16.8 Å². The number of nitrogens with zero attached hydrogens (tertiary/aromatic N) is 1. The first-order chi connectivity index (χ1) is 22.8. The molecule has 0 spiro atoms. The van der Waals surface area contributed by atoms with Gasteiger partial charge in [0.25, 0.3) is 0 Å². The molecule has 7 aromatic carbocycles. The maximum absolute atomic E-state index is 6.75. The van der Waals surface area contributed by atoms with Crippen LogP contribution in [-0.2, 0) is 0 Å². The summed E-state index contributed by atoms with van der Waals surface area (Å²) in [6, 6.07) is 48.8. The Kier molecular flexibility index (Phi) is 4.55. The molecule has 4 heterocycles. The Balaban J connectivity index is 1.14. The van der Waals surface area contributed by atoms with Crippen LogP contribution in [0.15, 0.2) is 153 Å². The summed E-state index contributed by atoms with van der Waals surface area (Å²) in [5.41, 5.74) is 10.7. The van der Waals surface area contributed by atoms with Gasteiger partial charge in [-0.25, -0.2) is 0 Å². The Morgan fingerprint density at radius 3 is 1.67 bits per heavy atom. The quantitative estimate of drug-likeness (QED) is 0.201. The molecule has 0 amide bonds. The van der Waals surface area contributed by atoms with E-state index < -0.39 is 0 Å². The summed E-state index contributed by atoms with van der Waals surface area (Å²) < 4.78 is 21.9. The summed E-state index contributed by atoms with van der Waals surface area (Å²) >= 11 is 0. The Hall–Kier alpha value is -6.26. The molecular weight excluding hydrogens is 566 g/mol. The molecule has 46 heavy (non-hydrogen) atoms. The highest BCUT2D eigenvalue weighted by molar-refractivity contribution is 6.18. The van der Waals surface area contributed by atoms with Gasteiger partial charge in [-0.05, 0) is 54.1 Å². The summed E-state index contributed by atoms with van der Waals surface area (Å²) in [6.07, 6.45) is 0. The molecule has 4 aromatic heterocycles. The van der Waals surface area contributed by atoms with Crippen LogP contribution in [0.4, 0.5) is 0 Å². The Bertz CT molecular complexity index is 2980. The van der Waals surface area contributed by atoms with Crippen molar-refractivity contribution in [1.82, 2.24) is 4.57 Å². The number of rotatable bonds is 2. The Morgan fingerprint density at radius 1 is 0.348 bits per heavy atom. The normalized spacial score (nSPS) is 12.3. The average Bonchev–Trinajstić information content (AvgIpc) is 3.85. The van der Waals surface area contributed by atoms with E-state index in [0.717, 1.165) is 93.7 Å². The van der Waals surface area contributed by atoms with Crippen LogP contribution in [-0.4, -0.2) is 4.57 Å². The molecule has 0 unspecified atom stereocenters. The lowest BCUT2D eigenvalue weighted by Crippen LogP contribution is -1.93. The van der Waals surface area contributed by atoms with Crippen molar-refractivity contribution in [3.05, 3.63) is 140 Å². The van der Waals surface area contributed by atoms with Crippen LogP contribution in [0.25, 0.3) is 104 Å². The lowest BCUT2D eigenvalue weighted by molar-refractivity contribution is 0.663. The first kappa shape index (κ1) is 24.1. The second-order valence-electron chi connectivity index (χ2n) is 12.1. The van der Waals surface area contributed by atoms with Crippen LogP contribution < -0.4 is 0 Å². The van der Waals surface area contributed by atoms with Crippen LogP contribution in [0.3, 0.4) is 0 Å². The lowest BCUT2D eigenvalue weighted by atomic mass is 10.00. The summed E-state index contributed by atoms with van der Waals surface area (Å²) in [6.45, 7) is 0. The van der Waals surface area contributed by atoms with E-state index in [1.165, 1.54) is 10.8 Å². The number of furan rings is 3. The van der Waals surface area contributed by atoms with Crippen molar-refractivity contribution in [3.63, 3.8) is 0 Å². The first-order valence-corrected chi connectivity index (χ1v) is 15.5. The van der Waals surface area contributed by atoms with Gasteiger partial charge in [0, 0.05) is 48.7 Å². The molecule has 0 N–H and O–H groups in total. The van der Waals surface area contributed by atoms with Crippen molar-refractivity contribution < 1.29 is 13.3 Å². The second kappa shape index (κ2) is 8.68. The highest BCUT2D eigenvalue weighted by Gasteiger charge is 2.20. The number of aromatic nitrogens is 1. The van der Waals surface area contributed by atoms with E-state index in [1.807, 2.05) is 12.1 Å². The van der Waals surface area contributed by atoms with Gasteiger partial charge in [-0.15, -0.1) is 0 Å². The first-order valence-electron chi connectivity index (χ1n) is 15.5. The van der Waals surface area contributed by atoms with Crippen molar-refractivity contribution in [2.24, 2.45) is 0 Å². The van der Waals surface area contributed by atoms with Gasteiger partial charge in [0.1, 0.15) is 27.9 Å². The molecule has 0 radical (unpaired) electrons. The van der Waals surface area contributed by atoms with E-state index in [4.69, 9.17) is 13.3 Å². The van der Waals surface area contributed by atoms with E-state index in [2.05, 4.69) is 132 Å². The SMILES string of the molecule is c1ccc2c(c1)oc1ccc(-c3cccc4c3oc3cc5c(cc34)oc3c(-n4c6ccccc6c6ccccc64)cccc35)cc12. The molecule has 0 bridgehead atoms. The van der Waals surface area contributed by atoms with Gasteiger partial charge in [0.2, 0.25) is 0 Å². The fraction of sp³-hybridized carbons (Fsp3) is 0. The van der Waals surface area contributed by atoms with Gasteiger partial charge < -0.3 is 17.8 Å². The number of hydrogen-bond acceptors (Lipinski definition) is 3. The number of benzene rings is 7. The van der Waals surface area contributed by atoms with Gasteiger partial charge >= 0.3 is 0 Å². The third-order valence-corrected chi connectivity index (χ3v) is 9.60. The van der Waals surface area contributed by atoms with E-state index >= 15 is 0 Å². The average molecular weight is 590 g/mol. The molecule has 0 atom stereocenters. The molecule has 0 aliphatic rings. The van der Waals surface area contributed by atoms with Gasteiger partial charge in [0.15, 0.2) is 5.58 Å². The maximum Gasteiger partial charge on any atom is 0.159 e. The standard InChI is InChI=1S/C42H23NO3/c1-4-15-34-26(9-1)27-10-2-5-16-35(27)43(34)36-17-8-14-30-33-23-39-32(22-40(33)46-42(30)36)29-13-7-12-25(41(29)45-39)24-19-20-38-31(21-24)28-11-3-6-18-37(28)44-38/h1-23H. The predicted octanol–water partition coefficient (Wildman–Crippen LogP) is 12.1. The van der Waals surface area contributed by atoms with Gasteiger partial charge in [-0.2, -0.15) is 0 Å². The lowest BCUT2D eigenvalue weighted by Gasteiger charge is -2.08. The van der Waals surface area contributed by atoms with Crippen LogP contribution in [0.5, 0.6) is 0 Å². The van der Waals surface area contributed by atoms with E-state index in [0.29, 0.717) is 0 Å². The summed E-state index contributed by atoms with van der Waals surface area (Å²) in [4.78, 5) is 0. The second-order valence-corrected chi connectivity index (χ2v) is 12.1. The minimum atomic E-state index is 0.842. The molecule has 0 fully saturated rings. The summed E-state index contributed by atoms with van der Waals surface area (Å²) in [5, 5.41) is 8.88.